The van der Waals surface area contributed by atoms with Gasteiger partial charge in [-0.2, -0.15) is 5.10 Å². The standard InChI is InChI=1S/C12H11N3O2/c1-8-11(6-13-15-8)12(17)14-10-4-2-3-9(5-10)7-16/h2-7H,1H3,(H,13,15)(H,14,17). The van der Waals surface area contributed by atoms with Gasteiger partial charge in [-0.3, -0.25) is 14.7 Å². The summed E-state index contributed by atoms with van der Waals surface area (Å²) in [4.78, 5) is 22.4. The molecule has 2 aromatic rings. The number of hydrogen-bond donors (Lipinski definition) is 2. The molecular weight excluding hydrogens is 218 g/mol. The molecule has 2 N–H and O–H groups in total. The van der Waals surface area contributed by atoms with Gasteiger partial charge in [0.05, 0.1) is 11.8 Å². The number of aromatic amines is 1. The van der Waals surface area contributed by atoms with E-state index in [4.69, 9.17) is 0 Å². The summed E-state index contributed by atoms with van der Waals surface area (Å²) in [5, 5.41) is 9.17. The third-order valence-corrected chi connectivity index (χ3v) is 2.36. The van der Waals surface area contributed by atoms with Crippen LogP contribution in [0, 0.1) is 6.92 Å². The molecule has 86 valence electrons. The third kappa shape index (κ3) is 2.39. The van der Waals surface area contributed by atoms with Crippen LogP contribution in [0.15, 0.2) is 30.5 Å². The first kappa shape index (κ1) is 11.1. The summed E-state index contributed by atoms with van der Waals surface area (Å²) in [6.07, 6.45) is 2.20. The second kappa shape index (κ2) is 4.61. The van der Waals surface area contributed by atoms with Crippen LogP contribution in [-0.2, 0) is 0 Å². The summed E-state index contributed by atoms with van der Waals surface area (Å²) < 4.78 is 0. The molecular formula is C12H11N3O2. The van der Waals surface area contributed by atoms with Crippen molar-refractivity contribution < 1.29 is 9.59 Å². The second-order valence-corrected chi connectivity index (χ2v) is 3.61. The van der Waals surface area contributed by atoms with Crippen LogP contribution in [0.1, 0.15) is 26.4 Å². The molecule has 1 amide bonds. The number of rotatable bonds is 3. The zero-order chi connectivity index (χ0) is 12.3. The van der Waals surface area contributed by atoms with Crippen LogP contribution in [-0.4, -0.2) is 22.4 Å². The zero-order valence-electron chi connectivity index (χ0n) is 9.23. The van der Waals surface area contributed by atoms with Crippen LogP contribution in [0.2, 0.25) is 0 Å². The van der Waals surface area contributed by atoms with Crippen molar-refractivity contribution in [3.8, 4) is 0 Å². The number of carbonyl (C=O) groups is 2. The molecule has 0 aliphatic rings. The number of carbonyl (C=O) groups excluding carboxylic acids is 2. The Hall–Kier alpha value is -2.43. The maximum Gasteiger partial charge on any atom is 0.259 e. The first-order chi connectivity index (χ1) is 8.20. The molecule has 0 saturated carbocycles. The fourth-order valence-electron chi connectivity index (χ4n) is 1.47. The van der Waals surface area contributed by atoms with Gasteiger partial charge in [0.1, 0.15) is 6.29 Å². The fraction of sp³-hybridized carbons (Fsp3) is 0.0833. The Labute approximate surface area is 97.9 Å². The van der Waals surface area contributed by atoms with Gasteiger partial charge < -0.3 is 5.32 Å². The van der Waals surface area contributed by atoms with Crippen molar-refractivity contribution in [2.75, 3.05) is 5.32 Å². The average molecular weight is 229 g/mol. The topological polar surface area (TPSA) is 74.8 Å². The lowest BCUT2D eigenvalue weighted by molar-refractivity contribution is 0.102. The Morgan fingerprint density at radius 2 is 2.29 bits per heavy atom. The van der Waals surface area contributed by atoms with Gasteiger partial charge in [0.25, 0.3) is 5.91 Å². The Morgan fingerprint density at radius 3 is 2.94 bits per heavy atom. The molecule has 5 heteroatoms. The minimum Gasteiger partial charge on any atom is -0.322 e. The Morgan fingerprint density at radius 1 is 1.47 bits per heavy atom. The quantitative estimate of drug-likeness (QED) is 0.788. The maximum absolute atomic E-state index is 11.8. The molecule has 0 unspecified atom stereocenters. The molecule has 0 saturated heterocycles. The minimum absolute atomic E-state index is 0.251. The lowest BCUT2D eigenvalue weighted by atomic mass is 10.2. The van der Waals surface area contributed by atoms with Crippen molar-refractivity contribution in [3.05, 3.63) is 47.3 Å². The molecule has 0 fully saturated rings. The number of benzene rings is 1. The number of hydrogen-bond acceptors (Lipinski definition) is 3. The van der Waals surface area contributed by atoms with Gasteiger partial charge in [0, 0.05) is 16.9 Å². The van der Waals surface area contributed by atoms with Crippen molar-refractivity contribution >= 4 is 17.9 Å². The van der Waals surface area contributed by atoms with E-state index >= 15 is 0 Å². The average Bonchev–Trinajstić information content (AvgIpc) is 2.76. The Kier molecular flexibility index (Phi) is 3.00. The van der Waals surface area contributed by atoms with Gasteiger partial charge in [-0.05, 0) is 19.1 Å². The van der Waals surface area contributed by atoms with Gasteiger partial charge in [0.2, 0.25) is 0 Å². The zero-order valence-corrected chi connectivity index (χ0v) is 9.23. The summed E-state index contributed by atoms with van der Waals surface area (Å²) >= 11 is 0. The van der Waals surface area contributed by atoms with Crippen LogP contribution < -0.4 is 5.32 Å². The largest absolute Gasteiger partial charge is 0.322 e. The molecule has 0 aliphatic carbocycles. The lowest BCUT2D eigenvalue weighted by Gasteiger charge is -2.04. The highest BCUT2D eigenvalue weighted by Crippen LogP contribution is 2.12. The summed E-state index contributed by atoms with van der Waals surface area (Å²) in [7, 11) is 0. The van der Waals surface area contributed by atoms with Gasteiger partial charge >= 0.3 is 0 Å². The molecule has 17 heavy (non-hydrogen) atoms. The number of aldehydes is 1. The summed E-state index contributed by atoms with van der Waals surface area (Å²) in [5.41, 5.74) is 2.29. The third-order valence-electron chi connectivity index (χ3n) is 2.36. The van der Waals surface area contributed by atoms with Crippen molar-refractivity contribution in [2.24, 2.45) is 0 Å². The maximum atomic E-state index is 11.8. The predicted octanol–water partition coefficient (Wildman–Crippen LogP) is 1.78. The van der Waals surface area contributed by atoms with E-state index in [9.17, 15) is 9.59 Å². The molecule has 5 nitrogen and oxygen atoms in total. The van der Waals surface area contributed by atoms with E-state index in [1.165, 1.54) is 6.20 Å². The van der Waals surface area contributed by atoms with Gasteiger partial charge in [-0.1, -0.05) is 12.1 Å². The molecule has 1 heterocycles. The highest BCUT2D eigenvalue weighted by Gasteiger charge is 2.10. The van der Waals surface area contributed by atoms with Crippen LogP contribution >= 0.6 is 0 Å². The number of amides is 1. The number of aromatic nitrogens is 2. The summed E-state index contributed by atoms with van der Waals surface area (Å²) in [6, 6.07) is 6.72. The smallest absolute Gasteiger partial charge is 0.259 e. The second-order valence-electron chi connectivity index (χ2n) is 3.61. The van der Waals surface area contributed by atoms with E-state index in [0.717, 1.165) is 6.29 Å². The van der Waals surface area contributed by atoms with E-state index in [1.54, 1.807) is 31.2 Å². The first-order valence-electron chi connectivity index (χ1n) is 5.07. The van der Waals surface area contributed by atoms with E-state index in [1.807, 2.05) is 0 Å². The SMILES string of the molecule is Cc1[nH]ncc1C(=O)Nc1cccc(C=O)c1. The molecule has 2 rings (SSSR count). The summed E-state index contributed by atoms with van der Waals surface area (Å²) in [6.45, 7) is 1.77. The van der Waals surface area contributed by atoms with E-state index in [-0.39, 0.29) is 5.91 Å². The lowest BCUT2D eigenvalue weighted by Crippen LogP contribution is -2.12. The number of nitrogens with zero attached hydrogens (tertiary/aromatic N) is 1. The van der Waals surface area contributed by atoms with Crippen molar-refractivity contribution in [2.45, 2.75) is 6.92 Å². The highest BCUT2D eigenvalue weighted by atomic mass is 16.1. The Balaban J connectivity index is 2.18. The van der Waals surface area contributed by atoms with Gasteiger partial charge in [-0.15, -0.1) is 0 Å². The van der Waals surface area contributed by atoms with E-state index < -0.39 is 0 Å². The van der Waals surface area contributed by atoms with Crippen LogP contribution in [0.25, 0.3) is 0 Å². The summed E-state index contributed by atoms with van der Waals surface area (Å²) in [5.74, 6) is -0.251. The molecule has 0 spiro atoms. The fourth-order valence-corrected chi connectivity index (χ4v) is 1.47. The molecule has 0 bridgehead atoms. The molecule has 0 atom stereocenters. The van der Waals surface area contributed by atoms with Crippen LogP contribution in [0.3, 0.4) is 0 Å². The Bertz CT molecular complexity index is 560. The van der Waals surface area contributed by atoms with E-state index in [0.29, 0.717) is 22.5 Å². The molecule has 1 aromatic heterocycles. The van der Waals surface area contributed by atoms with Crippen molar-refractivity contribution in [1.82, 2.24) is 10.2 Å². The van der Waals surface area contributed by atoms with Gasteiger partial charge in [-0.25, -0.2) is 0 Å². The normalized spacial score (nSPS) is 9.94. The molecule has 0 aliphatic heterocycles. The monoisotopic (exact) mass is 229 g/mol. The predicted molar refractivity (Wildman–Crippen MR) is 63.1 cm³/mol. The number of H-pyrrole nitrogens is 1. The van der Waals surface area contributed by atoms with Crippen LogP contribution in [0.5, 0.6) is 0 Å². The minimum atomic E-state index is -0.251. The van der Waals surface area contributed by atoms with Crippen LogP contribution in [0.4, 0.5) is 5.69 Å². The van der Waals surface area contributed by atoms with E-state index in [2.05, 4.69) is 15.5 Å². The van der Waals surface area contributed by atoms with Crippen molar-refractivity contribution in [1.29, 1.82) is 0 Å². The van der Waals surface area contributed by atoms with Gasteiger partial charge in [0.15, 0.2) is 0 Å². The molecule has 0 radical (unpaired) electrons. The molecule has 1 aromatic carbocycles. The van der Waals surface area contributed by atoms with Crippen molar-refractivity contribution in [3.63, 3.8) is 0 Å². The number of anilines is 1. The highest BCUT2D eigenvalue weighted by molar-refractivity contribution is 6.05. The first-order valence-corrected chi connectivity index (χ1v) is 5.07. The number of aryl methyl sites for hydroxylation is 1. The number of nitrogens with one attached hydrogen (secondary N) is 2.